The SMILES string of the molecule is CCNC(=NCCc1ccsc1)NC1CCN(C(=O)C2CCCC2)C1.I. The minimum absolute atomic E-state index is 0. The van der Waals surface area contributed by atoms with Gasteiger partial charge in [0.2, 0.25) is 5.91 Å². The molecule has 1 aliphatic carbocycles. The van der Waals surface area contributed by atoms with Crippen molar-refractivity contribution >= 4 is 47.2 Å². The molecule has 1 unspecified atom stereocenters. The van der Waals surface area contributed by atoms with Crippen molar-refractivity contribution in [2.75, 3.05) is 26.2 Å². The molecule has 3 rings (SSSR count). The standard InChI is InChI=1S/C19H30N4OS.HI/c1-2-20-19(21-10-7-15-9-12-25-14-15)22-17-8-11-23(13-17)18(24)16-5-3-4-6-16;/h9,12,14,16-17H,2-8,10-11,13H2,1H3,(H2,20,21,22);1H. The third kappa shape index (κ3) is 6.11. The van der Waals surface area contributed by atoms with Crippen LogP contribution in [0.4, 0.5) is 0 Å². The van der Waals surface area contributed by atoms with Crippen LogP contribution in [0.15, 0.2) is 21.8 Å². The van der Waals surface area contributed by atoms with Gasteiger partial charge in [-0.25, -0.2) is 0 Å². The minimum atomic E-state index is 0. The summed E-state index contributed by atoms with van der Waals surface area (Å²) in [5, 5.41) is 11.1. The van der Waals surface area contributed by atoms with Crippen molar-refractivity contribution in [3.8, 4) is 0 Å². The molecule has 7 heteroatoms. The summed E-state index contributed by atoms with van der Waals surface area (Å²) in [6, 6.07) is 2.47. The number of carbonyl (C=O) groups excluding carboxylic acids is 1. The van der Waals surface area contributed by atoms with Crippen LogP contribution in [0.3, 0.4) is 0 Å². The maximum absolute atomic E-state index is 12.6. The average molecular weight is 490 g/mol. The first-order valence-electron chi connectivity index (χ1n) is 9.61. The Morgan fingerprint density at radius 1 is 1.35 bits per heavy atom. The van der Waals surface area contributed by atoms with E-state index >= 15 is 0 Å². The number of aliphatic imine (C=N–C) groups is 1. The number of carbonyl (C=O) groups is 1. The fraction of sp³-hybridized carbons (Fsp3) is 0.684. The van der Waals surface area contributed by atoms with Gasteiger partial charge in [-0.05, 0) is 55.0 Å². The summed E-state index contributed by atoms with van der Waals surface area (Å²) in [6.07, 6.45) is 6.57. The number of rotatable bonds is 6. The predicted octanol–water partition coefficient (Wildman–Crippen LogP) is 3.25. The van der Waals surface area contributed by atoms with E-state index in [0.29, 0.717) is 11.9 Å². The van der Waals surface area contributed by atoms with Crippen molar-refractivity contribution < 1.29 is 4.79 Å². The van der Waals surface area contributed by atoms with Crippen molar-refractivity contribution in [1.82, 2.24) is 15.5 Å². The van der Waals surface area contributed by atoms with E-state index < -0.39 is 0 Å². The van der Waals surface area contributed by atoms with Crippen LogP contribution in [0.25, 0.3) is 0 Å². The summed E-state index contributed by atoms with van der Waals surface area (Å²) in [7, 11) is 0. The molecular weight excluding hydrogens is 459 g/mol. The average Bonchev–Trinajstić information content (AvgIpc) is 3.37. The first-order valence-corrected chi connectivity index (χ1v) is 10.5. The zero-order chi connectivity index (χ0) is 17.5. The maximum atomic E-state index is 12.6. The van der Waals surface area contributed by atoms with E-state index in [0.717, 1.165) is 57.8 Å². The van der Waals surface area contributed by atoms with Gasteiger partial charge in [0.25, 0.3) is 0 Å². The van der Waals surface area contributed by atoms with Crippen molar-refractivity contribution in [2.24, 2.45) is 10.9 Å². The number of nitrogens with zero attached hydrogens (tertiary/aromatic N) is 2. The van der Waals surface area contributed by atoms with E-state index in [2.05, 4.69) is 39.3 Å². The van der Waals surface area contributed by atoms with Crippen molar-refractivity contribution in [3.63, 3.8) is 0 Å². The number of guanidine groups is 1. The molecule has 1 saturated heterocycles. The largest absolute Gasteiger partial charge is 0.357 e. The Bertz CT molecular complexity index is 572. The lowest BCUT2D eigenvalue weighted by Gasteiger charge is -2.21. The third-order valence-corrected chi connectivity index (χ3v) is 5.87. The second-order valence-electron chi connectivity index (χ2n) is 7.04. The summed E-state index contributed by atoms with van der Waals surface area (Å²) in [5.74, 6) is 1.53. The highest BCUT2D eigenvalue weighted by atomic mass is 127. The van der Waals surface area contributed by atoms with Crippen LogP contribution in [0, 0.1) is 5.92 Å². The summed E-state index contributed by atoms with van der Waals surface area (Å²) in [5.41, 5.74) is 1.35. The number of amides is 1. The van der Waals surface area contributed by atoms with Gasteiger partial charge in [0.15, 0.2) is 5.96 Å². The van der Waals surface area contributed by atoms with E-state index in [1.54, 1.807) is 11.3 Å². The zero-order valence-corrected chi connectivity index (χ0v) is 18.7. The van der Waals surface area contributed by atoms with E-state index in [-0.39, 0.29) is 29.9 Å². The topological polar surface area (TPSA) is 56.7 Å². The summed E-state index contributed by atoms with van der Waals surface area (Å²) >= 11 is 1.73. The Balaban J connectivity index is 0.00000243. The molecular formula is C19H31IN4OS. The lowest BCUT2D eigenvalue weighted by molar-refractivity contribution is -0.134. The molecule has 0 aromatic carbocycles. The Labute approximate surface area is 178 Å². The Kier molecular flexibility index (Phi) is 9.18. The minimum Gasteiger partial charge on any atom is -0.357 e. The van der Waals surface area contributed by atoms with Crippen LogP contribution in [0.2, 0.25) is 0 Å². The summed E-state index contributed by atoms with van der Waals surface area (Å²) in [4.78, 5) is 19.3. The van der Waals surface area contributed by atoms with Crippen LogP contribution in [-0.4, -0.2) is 49.0 Å². The predicted molar refractivity (Wildman–Crippen MR) is 119 cm³/mol. The Morgan fingerprint density at radius 3 is 2.85 bits per heavy atom. The van der Waals surface area contributed by atoms with Crippen molar-refractivity contribution in [2.45, 2.75) is 51.5 Å². The highest BCUT2D eigenvalue weighted by molar-refractivity contribution is 14.0. The van der Waals surface area contributed by atoms with E-state index in [4.69, 9.17) is 4.99 Å². The lowest BCUT2D eigenvalue weighted by atomic mass is 10.1. The van der Waals surface area contributed by atoms with Crippen molar-refractivity contribution in [1.29, 1.82) is 0 Å². The van der Waals surface area contributed by atoms with Gasteiger partial charge in [-0.1, -0.05) is 12.8 Å². The van der Waals surface area contributed by atoms with Crippen LogP contribution in [0.1, 0.15) is 44.6 Å². The molecule has 2 aliphatic rings. The number of likely N-dealkylation sites (tertiary alicyclic amines) is 1. The van der Waals surface area contributed by atoms with Gasteiger partial charge in [-0.3, -0.25) is 9.79 Å². The quantitative estimate of drug-likeness (QED) is 0.366. The highest BCUT2D eigenvalue weighted by Crippen LogP contribution is 2.27. The lowest BCUT2D eigenvalue weighted by Crippen LogP contribution is -2.45. The number of nitrogens with one attached hydrogen (secondary N) is 2. The van der Waals surface area contributed by atoms with Crippen molar-refractivity contribution in [3.05, 3.63) is 22.4 Å². The molecule has 1 atom stereocenters. The molecule has 2 fully saturated rings. The van der Waals surface area contributed by atoms with Gasteiger partial charge in [0.1, 0.15) is 0 Å². The van der Waals surface area contributed by atoms with Gasteiger partial charge >= 0.3 is 0 Å². The molecule has 2 N–H and O–H groups in total. The zero-order valence-electron chi connectivity index (χ0n) is 15.6. The molecule has 5 nitrogen and oxygen atoms in total. The summed E-state index contributed by atoms with van der Waals surface area (Å²) < 4.78 is 0. The second-order valence-corrected chi connectivity index (χ2v) is 7.82. The molecule has 1 amide bonds. The van der Waals surface area contributed by atoms with Gasteiger partial charge in [0, 0.05) is 38.1 Å². The maximum Gasteiger partial charge on any atom is 0.225 e. The molecule has 1 aromatic rings. The number of hydrogen-bond donors (Lipinski definition) is 2. The van der Waals surface area contributed by atoms with Crippen LogP contribution in [-0.2, 0) is 11.2 Å². The second kappa shape index (κ2) is 11.1. The molecule has 2 heterocycles. The van der Waals surface area contributed by atoms with E-state index in [9.17, 15) is 4.79 Å². The van der Waals surface area contributed by atoms with Gasteiger partial charge in [0.05, 0.1) is 0 Å². The summed E-state index contributed by atoms with van der Waals surface area (Å²) in [6.45, 7) is 5.40. The molecule has 1 aromatic heterocycles. The highest BCUT2D eigenvalue weighted by Gasteiger charge is 2.32. The Morgan fingerprint density at radius 2 is 2.15 bits per heavy atom. The normalized spacial score (nSPS) is 20.9. The monoisotopic (exact) mass is 490 g/mol. The fourth-order valence-corrected chi connectivity index (χ4v) is 4.46. The van der Waals surface area contributed by atoms with Crippen LogP contribution in [0.5, 0.6) is 0 Å². The first kappa shape index (κ1) is 21.5. The number of hydrogen-bond acceptors (Lipinski definition) is 3. The van der Waals surface area contributed by atoms with Gasteiger partial charge in [-0.2, -0.15) is 11.3 Å². The smallest absolute Gasteiger partial charge is 0.225 e. The first-order chi connectivity index (χ1) is 12.3. The molecule has 26 heavy (non-hydrogen) atoms. The Hall–Kier alpha value is -0.830. The number of halogens is 1. The molecule has 0 spiro atoms. The van der Waals surface area contributed by atoms with Crippen LogP contribution < -0.4 is 10.6 Å². The third-order valence-electron chi connectivity index (χ3n) is 5.14. The van der Waals surface area contributed by atoms with Gasteiger partial charge in [-0.15, -0.1) is 24.0 Å². The molecule has 1 aliphatic heterocycles. The molecule has 0 radical (unpaired) electrons. The van der Waals surface area contributed by atoms with E-state index in [1.807, 2.05) is 0 Å². The molecule has 0 bridgehead atoms. The number of thiophene rings is 1. The molecule has 1 saturated carbocycles. The molecule has 146 valence electrons. The van der Waals surface area contributed by atoms with Crippen LogP contribution >= 0.6 is 35.3 Å². The van der Waals surface area contributed by atoms with E-state index in [1.165, 1.54) is 18.4 Å². The fourth-order valence-electron chi connectivity index (χ4n) is 3.75. The van der Waals surface area contributed by atoms with Gasteiger partial charge < -0.3 is 15.5 Å².